The van der Waals surface area contributed by atoms with E-state index in [2.05, 4.69) is 4.98 Å². The van der Waals surface area contributed by atoms with E-state index in [9.17, 15) is 4.39 Å². The van der Waals surface area contributed by atoms with Gasteiger partial charge in [-0.25, -0.2) is 9.37 Å². The zero-order valence-corrected chi connectivity index (χ0v) is 8.05. The Morgan fingerprint density at radius 2 is 2.06 bits per heavy atom. The fourth-order valence-electron chi connectivity index (χ4n) is 1.35. The Hall–Kier alpha value is -2.66. The second-order valence-corrected chi connectivity index (χ2v) is 3.01. The minimum atomic E-state index is -0.562. The lowest BCUT2D eigenvalue weighted by molar-refractivity contribution is 0.617. The summed E-state index contributed by atoms with van der Waals surface area (Å²) >= 11 is 0. The summed E-state index contributed by atoms with van der Waals surface area (Å²) in [4.78, 5) is 3.76. The molecular weight excluding hydrogens is 207 g/mol. The Morgan fingerprint density at radius 3 is 2.69 bits per heavy atom. The minimum absolute atomic E-state index is 0.101. The molecule has 0 atom stereocenters. The summed E-state index contributed by atoms with van der Waals surface area (Å²) < 4.78 is 14.9. The van der Waals surface area contributed by atoms with E-state index in [1.54, 1.807) is 0 Å². The van der Waals surface area contributed by atoms with Crippen molar-refractivity contribution < 1.29 is 4.39 Å². The first-order valence-corrected chi connectivity index (χ1v) is 4.39. The van der Waals surface area contributed by atoms with Gasteiger partial charge in [-0.2, -0.15) is 10.5 Å². The predicted molar refractivity (Wildman–Crippen MR) is 53.0 cm³/mol. The van der Waals surface area contributed by atoms with Crippen molar-refractivity contribution in [1.82, 2.24) is 9.55 Å². The van der Waals surface area contributed by atoms with Crippen molar-refractivity contribution in [3.63, 3.8) is 0 Å². The van der Waals surface area contributed by atoms with Gasteiger partial charge in [0.2, 0.25) is 5.82 Å². The van der Waals surface area contributed by atoms with Crippen molar-refractivity contribution in [1.29, 1.82) is 10.5 Å². The summed E-state index contributed by atoms with van der Waals surface area (Å²) in [6.07, 6.45) is 2.90. The highest BCUT2D eigenvalue weighted by atomic mass is 19.1. The van der Waals surface area contributed by atoms with Gasteiger partial charge in [0.1, 0.15) is 11.9 Å². The normalized spacial score (nSPS) is 9.44. The van der Waals surface area contributed by atoms with Crippen LogP contribution >= 0.6 is 0 Å². The van der Waals surface area contributed by atoms with Gasteiger partial charge in [0, 0.05) is 12.4 Å². The van der Waals surface area contributed by atoms with Crippen LogP contribution in [0.1, 0.15) is 11.4 Å². The van der Waals surface area contributed by atoms with E-state index in [1.807, 2.05) is 12.1 Å². The lowest BCUT2D eigenvalue weighted by atomic mass is 10.2. The maximum atomic E-state index is 13.6. The number of benzene rings is 1. The van der Waals surface area contributed by atoms with E-state index in [1.165, 1.54) is 29.1 Å². The van der Waals surface area contributed by atoms with Crippen LogP contribution in [0.3, 0.4) is 0 Å². The van der Waals surface area contributed by atoms with Crippen molar-refractivity contribution in [2.45, 2.75) is 0 Å². The SMILES string of the molecule is N#Cc1ccc(-n2ccnc2C#N)c(F)c1. The monoisotopic (exact) mass is 212 g/mol. The molecule has 0 aliphatic heterocycles. The van der Waals surface area contributed by atoms with Gasteiger partial charge in [-0.05, 0) is 18.2 Å². The van der Waals surface area contributed by atoms with E-state index in [0.29, 0.717) is 0 Å². The van der Waals surface area contributed by atoms with Crippen LogP contribution < -0.4 is 0 Å². The summed E-state index contributed by atoms with van der Waals surface area (Å²) in [6, 6.07) is 7.74. The van der Waals surface area contributed by atoms with Gasteiger partial charge in [0.25, 0.3) is 0 Å². The summed E-state index contributed by atoms with van der Waals surface area (Å²) in [5.74, 6) is -0.461. The van der Waals surface area contributed by atoms with Crippen molar-refractivity contribution in [3.05, 3.63) is 47.8 Å². The standard InChI is InChI=1S/C11H5FN4/c12-9-5-8(6-13)1-2-10(9)16-4-3-15-11(16)7-14/h1-5H. The van der Waals surface area contributed by atoms with Crippen LogP contribution in [0.4, 0.5) is 4.39 Å². The quantitative estimate of drug-likeness (QED) is 0.723. The Bertz CT molecular complexity index is 616. The molecule has 0 saturated heterocycles. The third kappa shape index (κ3) is 1.51. The van der Waals surface area contributed by atoms with Crippen LogP contribution in [-0.4, -0.2) is 9.55 Å². The van der Waals surface area contributed by atoms with Gasteiger partial charge in [-0.15, -0.1) is 0 Å². The van der Waals surface area contributed by atoms with Crippen LogP contribution in [-0.2, 0) is 0 Å². The number of halogens is 1. The number of nitrogens with zero attached hydrogens (tertiary/aromatic N) is 4. The average Bonchev–Trinajstić information content (AvgIpc) is 2.76. The van der Waals surface area contributed by atoms with E-state index in [-0.39, 0.29) is 17.1 Å². The lowest BCUT2D eigenvalue weighted by Crippen LogP contribution is -2.00. The third-order valence-corrected chi connectivity index (χ3v) is 2.08. The first-order valence-electron chi connectivity index (χ1n) is 4.39. The molecule has 16 heavy (non-hydrogen) atoms. The van der Waals surface area contributed by atoms with E-state index in [0.717, 1.165) is 6.07 Å². The van der Waals surface area contributed by atoms with Crippen molar-refractivity contribution in [3.8, 4) is 17.8 Å². The fourth-order valence-corrected chi connectivity index (χ4v) is 1.35. The second kappa shape index (κ2) is 3.84. The third-order valence-electron chi connectivity index (χ3n) is 2.08. The van der Waals surface area contributed by atoms with Gasteiger partial charge in [0.15, 0.2) is 0 Å². The number of aromatic nitrogens is 2. The van der Waals surface area contributed by atoms with Gasteiger partial charge in [0.05, 0.1) is 17.3 Å². The summed E-state index contributed by atoms with van der Waals surface area (Å²) in [5.41, 5.74) is 0.438. The van der Waals surface area contributed by atoms with Crippen LogP contribution in [0.25, 0.3) is 5.69 Å². The van der Waals surface area contributed by atoms with Crippen molar-refractivity contribution >= 4 is 0 Å². The van der Waals surface area contributed by atoms with Crippen molar-refractivity contribution in [2.24, 2.45) is 0 Å². The highest BCUT2D eigenvalue weighted by Gasteiger charge is 2.09. The summed E-state index contributed by atoms with van der Waals surface area (Å²) in [7, 11) is 0. The molecule has 1 heterocycles. The molecule has 1 aromatic heterocycles. The molecule has 0 amide bonds. The number of imidazole rings is 1. The number of hydrogen-bond acceptors (Lipinski definition) is 3. The molecule has 0 unspecified atom stereocenters. The molecule has 0 aliphatic carbocycles. The Labute approximate surface area is 90.8 Å². The van der Waals surface area contributed by atoms with Crippen LogP contribution in [0.15, 0.2) is 30.6 Å². The maximum absolute atomic E-state index is 13.6. The van der Waals surface area contributed by atoms with E-state index < -0.39 is 5.82 Å². The molecule has 2 rings (SSSR count). The van der Waals surface area contributed by atoms with Crippen LogP contribution in [0, 0.1) is 28.5 Å². The van der Waals surface area contributed by atoms with Crippen LogP contribution in [0.5, 0.6) is 0 Å². The highest BCUT2D eigenvalue weighted by Crippen LogP contribution is 2.16. The molecule has 0 N–H and O–H groups in total. The fraction of sp³-hybridized carbons (Fsp3) is 0. The van der Waals surface area contributed by atoms with E-state index in [4.69, 9.17) is 10.5 Å². The van der Waals surface area contributed by atoms with Gasteiger partial charge in [-0.3, -0.25) is 4.57 Å². The molecule has 0 saturated carbocycles. The van der Waals surface area contributed by atoms with E-state index >= 15 is 0 Å². The number of nitriles is 2. The molecular formula is C11H5FN4. The highest BCUT2D eigenvalue weighted by molar-refractivity contribution is 5.42. The predicted octanol–water partition coefficient (Wildman–Crippen LogP) is 1.75. The first-order chi connectivity index (χ1) is 7.76. The molecule has 0 fully saturated rings. The van der Waals surface area contributed by atoms with Gasteiger partial charge >= 0.3 is 0 Å². The molecule has 1 aromatic carbocycles. The zero-order valence-electron chi connectivity index (χ0n) is 8.05. The summed E-state index contributed by atoms with van der Waals surface area (Å²) in [6.45, 7) is 0. The smallest absolute Gasteiger partial charge is 0.217 e. The summed E-state index contributed by atoms with van der Waals surface area (Å²) in [5, 5.41) is 17.3. The Kier molecular flexibility index (Phi) is 2.37. The molecule has 0 bridgehead atoms. The molecule has 76 valence electrons. The molecule has 2 aromatic rings. The molecule has 0 spiro atoms. The van der Waals surface area contributed by atoms with Crippen LogP contribution in [0.2, 0.25) is 0 Å². The molecule has 4 nitrogen and oxygen atoms in total. The average molecular weight is 212 g/mol. The molecule has 5 heteroatoms. The Balaban J connectivity index is 2.59. The molecule has 0 radical (unpaired) electrons. The molecule has 0 aliphatic rings. The second-order valence-electron chi connectivity index (χ2n) is 3.01. The van der Waals surface area contributed by atoms with Crippen molar-refractivity contribution in [2.75, 3.05) is 0 Å². The number of hydrogen-bond donors (Lipinski definition) is 0. The van der Waals surface area contributed by atoms with Gasteiger partial charge < -0.3 is 0 Å². The largest absolute Gasteiger partial charge is 0.288 e. The lowest BCUT2D eigenvalue weighted by Gasteiger charge is -2.04. The maximum Gasteiger partial charge on any atom is 0.217 e. The minimum Gasteiger partial charge on any atom is -0.288 e. The zero-order chi connectivity index (χ0) is 11.5. The first kappa shape index (κ1) is 9.88. The topological polar surface area (TPSA) is 65.4 Å². The Morgan fingerprint density at radius 1 is 1.25 bits per heavy atom. The van der Waals surface area contributed by atoms with Gasteiger partial charge in [-0.1, -0.05) is 0 Å². The number of rotatable bonds is 1.